The molecule has 1 amide bonds. The van der Waals surface area contributed by atoms with E-state index in [0.29, 0.717) is 23.6 Å². The highest BCUT2D eigenvalue weighted by molar-refractivity contribution is 7.89. The Morgan fingerprint density at radius 2 is 1.84 bits per heavy atom. The molecule has 0 unspecified atom stereocenters. The van der Waals surface area contributed by atoms with Gasteiger partial charge in [0.15, 0.2) is 0 Å². The molecule has 0 aliphatic heterocycles. The number of halogens is 1. The van der Waals surface area contributed by atoms with Crippen LogP contribution in [-0.2, 0) is 16.4 Å². The van der Waals surface area contributed by atoms with E-state index in [1.54, 1.807) is 6.07 Å². The van der Waals surface area contributed by atoms with Crippen LogP contribution in [0.3, 0.4) is 0 Å². The quantitative estimate of drug-likeness (QED) is 0.777. The zero-order chi connectivity index (χ0) is 17.9. The van der Waals surface area contributed by atoms with E-state index in [4.69, 9.17) is 11.6 Å². The van der Waals surface area contributed by atoms with Crippen molar-refractivity contribution < 1.29 is 13.2 Å². The fourth-order valence-corrected chi connectivity index (χ4v) is 3.91. The maximum atomic E-state index is 12.1. The van der Waals surface area contributed by atoms with Gasteiger partial charge in [0.05, 0.1) is 4.90 Å². The molecule has 1 aliphatic carbocycles. The Balaban J connectivity index is 1.55. The van der Waals surface area contributed by atoms with Crippen LogP contribution in [0.5, 0.6) is 0 Å². The predicted octanol–water partition coefficient (Wildman–Crippen LogP) is 2.75. The van der Waals surface area contributed by atoms with Gasteiger partial charge in [0.1, 0.15) is 0 Å². The third kappa shape index (κ3) is 5.04. The second-order valence-electron chi connectivity index (χ2n) is 6.06. The summed E-state index contributed by atoms with van der Waals surface area (Å²) in [6.07, 6.45) is 2.43. The number of hydrogen-bond acceptors (Lipinski definition) is 3. The maximum Gasteiger partial charge on any atom is 0.251 e. The minimum atomic E-state index is -3.49. The summed E-state index contributed by atoms with van der Waals surface area (Å²) in [6.45, 7) is 0.475. The minimum Gasteiger partial charge on any atom is -0.352 e. The molecule has 1 fully saturated rings. The Labute approximate surface area is 152 Å². The van der Waals surface area contributed by atoms with Crippen LogP contribution in [0, 0.1) is 0 Å². The first kappa shape index (κ1) is 17.9. The van der Waals surface area contributed by atoms with Crippen molar-refractivity contribution in [2.24, 2.45) is 0 Å². The van der Waals surface area contributed by atoms with E-state index in [0.717, 1.165) is 18.4 Å². The van der Waals surface area contributed by atoms with Crippen molar-refractivity contribution in [2.75, 3.05) is 6.54 Å². The van der Waals surface area contributed by atoms with E-state index >= 15 is 0 Å². The van der Waals surface area contributed by atoms with Crippen LogP contribution in [0.25, 0.3) is 0 Å². The van der Waals surface area contributed by atoms with Gasteiger partial charge < -0.3 is 5.32 Å². The normalized spacial score (nSPS) is 14.3. The van der Waals surface area contributed by atoms with E-state index in [-0.39, 0.29) is 16.8 Å². The van der Waals surface area contributed by atoms with Crippen molar-refractivity contribution in [1.29, 1.82) is 0 Å². The lowest BCUT2D eigenvalue weighted by Crippen LogP contribution is -2.27. The van der Waals surface area contributed by atoms with Gasteiger partial charge in [-0.1, -0.05) is 23.7 Å². The summed E-state index contributed by atoms with van der Waals surface area (Å²) in [6, 6.07) is 13.5. The molecule has 3 rings (SSSR count). The van der Waals surface area contributed by atoms with Gasteiger partial charge in [0.25, 0.3) is 5.91 Å². The molecule has 0 saturated heterocycles. The SMILES string of the molecule is O=C(NCCc1cccc(Cl)c1)c1ccc(S(=O)(=O)NC2CC2)cc1. The van der Waals surface area contributed by atoms with Crippen molar-refractivity contribution in [2.45, 2.75) is 30.2 Å². The summed E-state index contributed by atoms with van der Waals surface area (Å²) in [5, 5.41) is 3.49. The van der Waals surface area contributed by atoms with E-state index in [2.05, 4.69) is 10.0 Å². The molecule has 0 aromatic heterocycles. The lowest BCUT2D eigenvalue weighted by molar-refractivity contribution is 0.0954. The van der Waals surface area contributed by atoms with Gasteiger partial charge in [-0.25, -0.2) is 13.1 Å². The number of nitrogens with one attached hydrogen (secondary N) is 2. The third-order valence-corrected chi connectivity index (χ3v) is 5.69. The number of rotatable bonds is 7. The molecule has 2 aromatic carbocycles. The Bertz CT molecular complexity index is 862. The van der Waals surface area contributed by atoms with Crippen molar-refractivity contribution in [3.63, 3.8) is 0 Å². The molecule has 25 heavy (non-hydrogen) atoms. The third-order valence-electron chi connectivity index (χ3n) is 3.91. The van der Waals surface area contributed by atoms with Gasteiger partial charge in [-0.3, -0.25) is 4.79 Å². The topological polar surface area (TPSA) is 75.3 Å². The summed E-state index contributed by atoms with van der Waals surface area (Å²) in [5.74, 6) is -0.235. The number of benzene rings is 2. The van der Waals surface area contributed by atoms with Gasteiger partial charge in [0.2, 0.25) is 10.0 Å². The lowest BCUT2D eigenvalue weighted by Gasteiger charge is -2.08. The number of hydrogen-bond donors (Lipinski definition) is 2. The van der Waals surface area contributed by atoms with Gasteiger partial charge >= 0.3 is 0 Å². The van der Waals surface area contributed by atoms with E-state index < -0.39 is 10.0 Å². The maximum absolute atomic E-state index is 12.1. The summed E-state index contributed by atoms with van der Waals surface area (Å²) in [7, 11) is -3.49. The highest BCUT2D eigenvalue weighted by Gasteiger charge is 2.27. The van der Waals surface area contributed by atoms with Crippen LogP contribution in [0.15, 0.2) is 53.4 Å². The largest absolute Gasteiger partial charge is 0.352 e. The van der Waals surface area contributed by atoms with Crippen molar-refractivity contribution in [3.05, 3.63) is 64.7 Å². The smallest absolute Gasteiger partial charge is 0.251 e. The van der Waals surface area contributed by atoms with Crippen molar-refractivity contribution in [3.8, 4) is 0 Å². The summed E-state index contributed by atoms with van der Waals surface area (Å²) in [4.78, 5) is 12.3. The Hall–Kier alpha value is -1.89. The number of amides is 1. The van der Waals surface area contributed by atoms with Gasteiger partial charge in [-0.2, -0.15) is 0 Å². The predicted molar refractivity (Wildman–Crippen MR) is 97.3 cm³/mol. The summed E-state index contributed by atoms with van der Waals surface area (Å²) < 4.78 is 26.8. The zero-order valence-corrected chi connectivity index (χ0v) is 15.1. The first-order chi connectivity index (χ1) is 11.9. The monoisotopic (exact) mass is 378 g/mol. The second kappa shape index (κ2) is 7.56. The molecule has 0 atom stereocenters. The van der Waals surface area contributed by atoms with E-state index in [1.807, 2.05) is 18.2 Å². The molecule has 132 valence electrons. The average molecular weight is 379 g/mol. The molecule has 2 aromatic rings. The van der Waals surface area contributed by atoms with Crippen LogP contribution in [-0.4, -0.2) is 26.9 Å². The molecule has 2 N–H and O–H groups in total. The number of sulfonamides is 1. The molecule has 5 nitrogen and oxygen atoms in total. The van der Waals surface area contributed by atoms with Crippen molar-refractivity contribution in [1.82, 2.24) is 10.0 Å². The lowest BCUT2D eigenvalue weighted by atomic mass is 10.1. The molecule has 0 spiro atoms. The highest BCUT2D eigenvalue weighted by Crippen LogP contribution is 2.22. The van der Waals surface area contributed by atoms with Gasteiger partial charge in [-0.05, 0) is 61.2 Å². The first-order valence-electron chi connectivity index (χ1n) is 8.09. The Morgan fingerprint density at radius 1 is 1.12 bits per heavy atom. The Morgan fingerprint density at radius 3 is 2.48 bits per heavy atom. The molecular weight excluding hydrogens is 360 g/mol. The van der Waals surface area contributed by atoms with Crippen LogP contribution in [0.4, 0.5) is 0 Å². The summed E-state index contributed by atoms with van der Waals surface area (Å²) in [5.41, 5.74) is 1.47. The average Bonchev–Trinajstić information content (AvgIpc) is 3.38. The number of carbonyl (C=O) groups excluding carboxylic acids is 1. The van der Waals surface area contributed by atoms with E-state index in [9.17, 15) is 13.2 Å². The number of carbonyl (C=O) groups is 1. The molecular formula is C18H19ClN2O3S. The molecule has 0 heterocycles. The van der Waals surface area contributed by atoms with Crippen LogP contribution >= 0.6 is 11.6 Å². The fraction of sp³-hybridized carbons (Fsp3) is 0.278. The second-order valence-corrected chi connectivity index (χ2v) is 8.21. The van der Waals surface area contributed by atoms with E-state index in [1.165, 1.54) is 24.3 Å². The molecule has 1 saturated carbocycles. The van der Waals surface area contributed by atoms with Gasteiger partial charge in [-0.15, -0.1) is 0 Å². The molecule has 0 bridgehead atoms. The molecule has 1 aliphatic rings. The van der Waals surface area contributed by atoms with Gasteiger partial charge in [0, 0.05) is 23.2 Å². The Kier molecular flexibility index (Phi) is 5.42. The van der Waals surface area contributed by atoms with Crippen LogP contribution in [0.2, 0.25) is 5.02 Å². The first-order valence-corrected chi connectivity index (χ1v) is 9.95. The van der Waals surface area contributed by atoms with Crippen molar-refractivity contribution >= 4 is 27.5 Å². The highest BCUT2D eigenvalue weighted by atomic mass is 35.5. The fourth-order valence-electron chi connectivity index (χ4n) is 2.39. The minimum absolute atomic E-state index is 0.0551. The molecule has 7 heteroatoms. The molecule has 0 radical (unpaired) electrons. The van der Waals surface area contributed by atoms with Crippen LogP contribution in [0.1, 0.15) is 28.8 Å². The summed E-state index contributed by atoms with van der Waals surface area (Å²) >= 11 is 5.93. The zero-order valence-electron chi connectivity index (χ0n) is 13.5. The standard InChI is InChI=1S/C18H19ClN2O3S/c19-15-3-1-2-13(12-15)10-11-20-18(22)14-4-8-17(9-5-14)25(23,24)21-16-6-7-16/h1-5,8-9,12,16,21H,6-7,10-11H2,(H,20,22). The van der Waals surface area contributed by atoms with Crippen LogP contribution < -0.4 is 10.0 Å².